The molecule has 0 radical (unpaired) electrons. The van der Waals surface area contributed by atoms with Crippen LogP contribution < -0.4 is 5.32 Å². The fourth-order valence-electron chi connectivity index (χ4n) is 4.18. The predicted octanol–water partition coefficient (Wildman–Crippen LogP) is 1.16. The van der Waals surface area contributed by atoms with E-state index in [4.69, 9.17) is 4.74 Å². The molecule has 1 aliphatic carbocycles. The lowest BCUT2D eigenvalue weighted by Gasteiger charge is -2.31. The van der Waals surface area contributed by atoms with Crippen molar-refractivity contribution in [1.82, 2.24) is 15.1 Å². The third kappa shape index (κ3) is 3.51. The Bertz CT molecular complexity index is 378. The monoisotopic (exact) mass is 294 g/mol. The topological polar surface area (TPSA) is 40.1 Å². The normalized spacial score (nSPS) is 30.3. The highest BCUT2D eigenvalue weighted by molar-refractivity contribution is 5.80. The molecule has 1 unspecified atom stereocenters. The van der Waals surface area contributed by atoms with Crippen LogP contribution in [-0.4, -0.2) is 75.3 Å². The molecule has 0 aromatic rings. The lowest BCUT2D eigenvalue weighted by molar-refractivity contribution is -0.0163. The number of likely N-dealkylation sites (tertiary alicyclic amines) is 1. The van der Waals surface area contributed by atoms with E-state index < -0.39 is 0 Å². The molecule has 5 nitrogen and oxygen atoms in total. The van der Waals surface area contributed by atoms with Gasteiger partial charge in [0.1, 0.15) is 0 Å². The van der Waals surface area contributed by atoms with Gasteiger partial charge in [-0.05, 0) is 31.7 Å². The molecule has 5 heteroatoms. The highest BCUT2D eigenvalue weighted by atomic mass is 16.5. The van der Waals surface area contributed by atoms with E-state index in [0.29, 0.717) is 5.41 Å². The van der Waals surface area contributed by atoms with Crippen LogP contribution in [0.3, 0.4) is 0 Å². The highest BCUT2D eigenvalue weighted by Gasteiger charge is 2.41. The van der Waals surface area contributed by atoms with Crippen LogP contribution in [0.1, 0.15) is 32.1 Å². The van der Waals surface area contributed by atoms with E-state index in [9.17, 15) is 0 Å². The quantitative estimate of drug-likeness (QED) is 0.613. The molecule has 120 valence electrons. The molecule has 3 fully saturated rings. The molecule has 3 rings (SSSR count). The van der Waals surface area contributed by atoms with Gasteiger partial charge in [-0.25, -0.2) is 0 Å². The number of hydrogen-bond donors (Lipinski definition) is 1. The molecule has 0 amide bonds. The van der Waals surface area contributed by atoms with Crippen LogP contribution in [0.4, 0.5) is 0 Å². The molecule has 0 bridgehead atoms. The van der Waals surface area contributed by atoms with E-state index in [1.54, 1.807) is 0 Å². The Morgan fingerprint density at radius 1 is 1.29 bits per heavy atom. The fraction of sp³-hybridized carbons (Fsp3) is 0.938. The van der Waals surface area contributed by atoms with E-state index in [1.807, 2.05) is 7.05 Å². The van der Waals surface area contributed by atoms with Crippen molar-refractivity contribution in [3.63, 3.8) is 0 Å². The molecule has 1 atom stereocenters. The molecule has 1 spiro atoms. The Balaban J connectivity index is 1.49. The van der Waals surface area contributed by atoms with Gasteiger partial charge in [0, 0.05) is 39.8 Å². The third-order valence-electron chi connectivity index (χ3n) is 5.44. The zero-order valence-electron chi connectivity index (χ0n) is 13.6. The maximum atomic E-state index is 5.82. The molecular weight excluding hydrogens is 264 g/mol. The molecule has 1 N–H and O–H groups in total. The minimum atomic E-state index is 0.281. The SMILES string of the molecule is CN=C(NCC1CN(C)CCO1)N1CCC2(CCCC2)C1. The van der Waals surface area contributed by atoms with Gasteiger partial charge in [-0.2, -0.15) is 0 Å². The van der Waals surface area contributed by atoms with Gasteiger partial charge in [0.05, 0.1) is 12.7 Å². The summed E-state index contributed by atoms with van der Waals surface area (Å²) < 4.78 is 5.82. The average Bonchev–Trinajstić information content (AvgIpc) is 3.11. The number of morpholine rings is 1. The summed E-state index contributed by atoms with van der Waals surface area (Å²) in [5.41, 5.74) is 0.596. The minimum absolute atomic E-state index is 0.281. The fourth-order valence-corrected chi connectivity index (χ4v) is 4.18. The summed E-state index contributed by atoms with van der Waals surface area (Å²) in [6.07, 6.45) is 7.29. The van der Waals surface area contributed by atoms with Crippen molar-refractivity contribution in [2.75, 3.05) is 53.4 Å². The van der Waals surface area contributed by atoms with E-state index in [-0.39, 0.29) is 6.10 Å². The van der Waals surface area contributed by atoms with Gasteiger partial charge < -0.3 is 19.9 Å². The lowest BCUT2D eigenvalue weighted by Crippen LogP contribution is -2.49. The van der Waals surface area contributed by atoms with E-state index >= 15 is 0 Å². The third-order valence-corrected chi connectivity index (χ3v) is 5.44. The van der Waals surface area contributed by atoms with Gasteiger partial charge >= 0.3 is 0 Å². The zero-order chi connectivity index (χ0) is 14.7. The summed E-state index contributed by atoms with van der Waals surface area (Å²) in [4.78, 5) is 9.28. The second-order valence-corrected chi connectivity index (χ2v) is 7.06. The first-order valence-electron chi connectivity index (χ1n) is 8.47. The van der Waals surface area contributed by atoms with E-state index in [0.717, 1.165) is 38.7 Å². The molecule has 21 heavy (non-hydrogen) atoms. The van der Waals surface area contributed by atoms with Crippen molar-refractivity contribution in [3.05, 3.63) is 0 Å². The van der Waals surface area contributed by atoms with Crippen LogP contribution in [0.2, 0.25) is 0 Å². The summed E-state index contributed by atoms with van der Waals surface area (Å²) in [6, 6.07) is 0. The Morgan fingerprint density at radius 3 is 2.81 bits per heavy atom. The molecule has 2 aliphatic heterocycles. The number of hydrogen-bond acceptors (Lipinski definition) is 3. The number of guanidine groups is 1. The van der Waals surface area contributed by atoms with E-state index in [1.165, 1.54) is 38.6 Å². The number of ether oxygens (including phenoxy) is 1. The molecule has 0 aromatic carbocycles. The largest absolute Gasteiger partial charge is 0.374 e. The Kier molecular flexibility index (Phi) is 4.69. The summed E-state index contributed by atoms with van der Waals surface area (Å²) in [5, 5.41) is 3.53. The zero-order valence-corrected chi connectivity index (χ0v) is 13.6. The predicted molar refractivity (Wildman–Crippen MR) is 85.7 cm³/mol. The number of likely N-dealkylation sites (N-methyl/N-ethyl adjacent to an activating group) is 1. The van der Waals surface area contributed by atoms with Gasteiger partial charge in [-0.1, -0.05) is 12.8 Å². The lowest BCUT2D eigenvalue weighted by atomic mass is 9.86. The van der Waals surface area contributed by atoms with Gasteiger partial charge in [0.25, 0.3) is 0 Å². The molecule has 0 aromatic heterocycles. The van der Waals surface area contributed by atoms with Gasteiger partial charge in [-0.15, -0.1) is 0 Å². The first-order valence-corrected chi connectivity index (χ1v) is 8.47. The molecule has 2 heterocycles. The van der Waals surface area contributed by atoms with Crippen LogP contribution in [0, 0.1) is 5.41 Å². The molecule has 2 saturated heterocycles. The maximum Gasteiger partial charge on any atom is 0.193 e. The molecule has 1 saturated carbocycles. The van der Waals surface area contributed by atoms with Crippen molar-refractivity contribution < 1.29 is 4.74 Å². The van der Waals surface area contributed by atoms with Gasteiger partial charge in [0.2, 0.25) is 0 Å². The summed E-state index contributed by atoms with van der Waals surface area (Å²) >= 11 is 0. The number of nitrogens with one attached hydrogen (secondary N) is 1. The maximum absolute atomic E-state index is 5.82. The van der Waals surface area contributed by atoms with E-state index in [2.05, 4.69) is 27.2 Å². The smallest absolute Gasteiger partial charge is 0.193 e. The van der Waals surface area contributed by atoms with Crippen molar-refractivity contribution in [2.24, 2.45) is 10.4 Å². The van der Waals surface area contributed by atoms with Crippen LogP contribution >= 0.6 is 0 Å². The standard InChI is InChI=1S/C16H30N4O/c1-17-15(18-11-14-12-19(2)9-10-21-14)20-8-7-16(13-20)5-3-4-6-16/h14H,3-13H2,1-2H3,(H,17,18). The molecular formula is C16H30N4O. The molecule has 3 aliphatic rings. The van der Waals surface area contributed by atoms with Crippen LogP contribution in [0.15, 0.2) is 4.99 Å². The number of nitrogens with zero attached hydrogens (tertiary/aromatic N) is 3. The Labute approximate surface area is 128 Å². The number of aliphatic imine (C=N–C) groups is 1. The van der Waals surface area contributed by atoms with Crippen LogP contribution in [0.5, 0.6) is 0 Å². The summed E-state index contributed by atoms with van der Waals surface area (Å²) in [5.74, 6) is 1.07. The minimum Gasteiger partial charge on any atom is -0.374 e. The van der Waals surface area contributed by atoms with Gasteiger partial charge in [0.15, 0.2) is 5.96 Å². The first-order chi connectivity index (χ1) is 10.2. The summed E-state index contributed by atoms with van der Waals surface area (Å²) in [7, 11) is 4.06. The average molecular weight is 294 g/mol. The summed E-state index contributed by atoms with van der Waals surface area (Å²) in [6.45, 7) is 6.10. The first kappa shape index (κ1) is 15.1. The Morgan fingerprint density at radius 2 is 2.10 bits per heavy atom. The van der Waals surface area contributed by atoms with Crippen molar-refractivity contribution in [1.29, 1.82) is 0 Å². The van der Waals surface area contributed by atoms with Crippen molar-refractivity contribution >= 4 is 5.96 Å². The van der Waals surface area contributed by atoms with Crippen LogP contribution in [0.25, 0.3) is 0 Å². The van der Waals surface area contributed by atoms with Gasteiger partial charge in [-0.3, -0.25) is 4.99 Å². The second kappa shape index (κ2) is 6.53. The van der Waals surface area contributed by atoms with Crippen molar-refractivity contribution in [3.8, 4) is 0 Å². The highest BCUT2D eigenvalue weighted by Crippen LogP contribution is 2.45. The van der Waals surface area contributed by atoms with Crippen LogP contribution in [-0.2, 0) is 4.74 Å². The van der Waals surface area contributed by atoms with Crippen molar-refractivity contribution in [2.45, 2.75) is 38.2 Å². The Hall–Kier alpha value is -0.810. The second-order valence-electron chi connectivity index (χ2n) is 7.06. The number of rotatable bonds is 2.